The van der Waals surface area contributed by atoms with Crippen LogP contribution in [0.25, 0.3) is 0 Å². The van der Waals surface area contributed by atoms with E-state index in [4.69, 9.17) is 9.47 Å². The molecule has 0 atom stereocenters. The van der Waals surface area contributed by atoms with Gasteiger partial charge in [0.05, 0.1) is 11.1 Å². The minimum Gasteiger partial charge on any atom is -0.456 e. The largest absolute Gasteiger partial charge is 0.456 e. The molecule has 0 saturated heterocycles. The van der Waals surface area contributed by atoms with E-state index in [9.17, 15) is 9.59 Å². The van der Waals surface area contributed by atoms with Crippen molar-refractivity contribution in [2.45, 2.75) is 66.1 Å². The van der Waals surface area contributed by atoms with Crippen molar-refractivity contribution >= 4 is 11.9 Å². The molecule has 0 heterocycles. The Hall–Kier alpha value is -2.28. The van der Waals surface area contributed by atoms with Crippen molar-refractivity contribution < 1.29 is 19.1 Å². The van der Waals surface area contributed by atoms with Gasteiger partial charge < -0.3 is 9.47 Å². The van der Waals surface area contributed by atoms with Gasteiger partial charge in [-0.1, -0.05) is 18.8 Å². The van der Waals surface area contributed by atoms with E-state index < -0.39 is 23.1 Å². The fourth-order valence-electron chi connectivity index (χ4n) is 1.83. The zero-order chi connectivity index (χ0) is 18.5. The van der Waals surface area contributed by atoms with Gasteiger partial charge in [0.1, 0.15) is 11.2 Å². The molecule has 24 heavy (non-hydrogen) atoms. The Morgan fingerprint density at radius 3 is 1.88 bits per heavy atom. The van der Waals surface area contributed by atoms with Crippen LogP contribution in [-0.4, -0.2) is 23.1 Å². The summed E-state index contributed by atoms with van der Waals surface area (Å²) in [5.41, 5.74) is -0.301. The molecule has 0 radical (unpaired) electrons. The van der Waals surface area contributed by atoms with Gasteiger partial charge in [0.15, 0.2) is 0 Å². The molecule has 4 nitrogen and oxygen atoms in total. The van der Waals surface area contributed by atoms with Crippen LogP contribution in [0.3, 0.4) is 0 Å². The zero-order valence-corrected chi connectivity index (χ0v) is 15.6. The highest BCUT2D eigenvalue weighted by molar-refractivity contribution is 6.03. The molecule has 0 saturated carbocycles. The van der Waals surface area contributed by atoms with E-state index in [1.807, 2.05) is 6.92 Å². The SMILES string of the molecule is CCC#Cc1ccc(C(=O)OC(C)(C)C)c(C(=O)OC(C)(C)C)c1. The Balaban J connectivity index is 3.32. The number of rotatable bonds is 2. The molecular formula is C20H26O4. The van der Waals surface area contributed by atoms with E-state index in [0.717, 1.165) is 0 Å². The smallest absolute Gasteiger partial charge is 0.339 e. The topological polar surface area (TPSA) is 52.6 Å². The summed E-state index contributed by atoms with van der Waals surface area (Å²) >= 11 is 0. The second kappa shape index (κ2) is 7.53. The summed E-state index contributed by atoms with van der Waals surface area (Å²) < 4.78 is 10.8. The third-order valence-corrected chi connectivity index (χ3v) is 2.67. The summed E-state index contributed by atoms with van der Waals surface area (Å²) in [6.07, 6.45) is 0.704. The molecule has 0 N–H and O–H groups in total. The maximum atomic E-state index is 12.5. The van der Waals surface area contributed by atoms with Crippen LogP contribution in [0, 0.1) is 11.8 Å². The Kier molecular flexibility index (Phi) is 6.20. The molecule has 0 amide bonds. The van der Waals surface area contributed by atoms with Gasteiger partial charge in [0.25, 0.3) is 0 Å². The van der Waals surface area contributed by atoms with Crippen LogP contribution in [0.2, 0.25) is 0 Å². The Bertz CT molecular complexity index is 676. The van der Waals surface area contributed by atoms with Crippen molar-refractivity contribution in [3.63, 3.8) is 0 Å². The van der Waals surface area contributed by atoms with Crippen molar-refractivity contribution in [3.8, 4) is 11.8 Å². The summed E-state index contributed by atoms with van der Waals surface area (Å²) in [6, 6.07) is 4.85. The molecule has 0 fully saturated rings. The molecule has 4 heteroatoms. The minimum absolute atomic E-state index is 0.169. The molecule has 1 aromatic rings. The van der Waals surface area contributed by atoms with Crippen LogP contribution in [0.4, 0.5) is 0 Å². The molecule has 0 bridgehead atoms. The predicted octanol–water partition coefficient (Wildman–Crippen LogP) is 4.36. The molecule has 0 aromatic heterocycles. The first-order chi connectivity index (χ1) is 10.9. The maximum Gasteiger partial charge on any atom is 0.339 e. The summed E-state index contributed by atoms with van der Waals surface area (Å²) in [4.78, 5) is 24.9. The van der Waals surface area contributed by atoms with Gasteiger partial charge in [0, 0.05) is 12.0 Å². The van der Waals surface area contributed by atoms with Crippen molar-refractivity contribution in [1.82, 2.24) is 0 Å². The molecule has 0 spiro atoms. The summed E-state index contributed by atoms with van der Waals surface area (Å²) in [5.74, 6) is 4.78. The monoisotopic (exact) mass is 330 g/mol. The van der Waals surface area contributed by atoms with E-state index in [0.29, 0.717) is 12.0 Å². The lowest BCUT2D eigenvalue weighted by atomic mass is 10.0. The van der Waals surface area contributed by atoms with Gasteiger partial charge in [-0.25, -0.2) is 9.59 Å². The van der Waals surface area contributed by atoms with E-state index in [-0.39, 0.29) is 11.1 Å². The van der Waals surface area contributed by atoms with Crippen LogP contribution in [0.5, 0.6) is 0 Å². The number of ether oxygens (including phenoxy) is 2. The third-order valence-electron chi connectivity index (χ3n) is 2.67. The van der Waals surface area contributed by atoms with Crippen LogP contribution in [-0.2, 0) is 9.47 Å². The zero-order valence-electron chi connectivity index (χ0n) is 15.6. The minimum atomic E-state index is -0.659. The number of hydrogen-bond acceptors (Lipinski definition) is 4. The maximum absolute atomic E-state index is 12.5. The number of carbonyl (C=O) groups is 2. The molecule has 1 aromatic carbocycles. The van der Waals surface area contributed by atoms with Crippen LogP contribution < -0.4 is 0 Å². The van der Waals surface area contributed by atoms with E-state index in [1.165, 1.54) is 0 Å². The normalized spacial score (nSPS) is 11.3. The van der Waals surface area contributed by atoms with Crippen LogP contribution in [0.15, 0.2) is 18.2 Å². The van der Waals surface area contributed by atoms with Crippen LogP contribution in [0.1, 0.15) is 81.2 Å². The van der Waals surface area contributed by atoms with Crippen molar-refractivity contribution in [1.29, 1.82) is 0 Å². The van der Waals surface area contributed by atoms with E-state index >= 15 is 0 Å². The molecule has 0 unspecified atom stereocenters. The number of carbonyl (C=O) groups excluding carboxylic acids is 2. The Morgan fingerprint density at radius 2 is 1.42 bits per heavy atom. The third kappa shape index (κ3) is 6.45. The average Bonchev–Trinajstić information content (AvgIpc) is 2.41. The average molecular weight is 330 g/mol. The lowest BCUT2D eigenvalue weighted by molar-refractivity contribution is 0.00187. The number of esters is 2. The van der Waals surface area contributed by atoms with Crippen molar-refractivity contribution in [2.75, 3.05) is 0 Å². The second-order valence-electron chi connectivity index (χ2n) is 7.42. The summed E-state index contributed by atoms with van der Waals surface area (Å²) in [7, 11) is 0. The van der Waals surface area contributed by atoms with E-state index in [2.05, 4.69) is 11.8 Å². The lowest BCUT2D eigenvalue weighted by Gasteiger charge is -2.22. The highest BCUT2D eigenvalue weighted by Gasteiger charge is 2.26. The van der Waals surface area contributed by atoms with Gasteiger partial charge in [-0.05, 0) is 59.7 Å². The van der Waals surface area contributed by atoms with Crippen molar-refractivity contribution in [2.24, 2.45) is 0 Å². The molecular weight excluding hydrogens is 304 g/mol. The first-order valence-corrected chi connectivity index (χ1v) is 8.02. The van der Waals surface area contributed by atoms with E-state index in [1.54, 1.807) is 59.7 Å². The molecule has 130 valence electrons. The fourth-order valence-corrected chi connectivity index (χ4v) is 1.83. The molecule has 0 aliphatic heterocycles. The lowest BCUT2D eigenvalue weighted by Crippen LogP contribution is -2.28. The van der Waals surface area contributed by atoms with Crippen LogP contribution >= 0.6 is 0 Å². The van der Waals surface area contributed by atoms with Gasteiger partial charge in [-0.15, -0.1) is 0 Å². The molecule has 1 rings (SSSR count). The fraction of sp³-hybridized carbons (Fsp3) is 0.500. The Morgan fingerprint density at radius 1 is 0.917 bits per heavy atom. The number of benzene rings is 1. The molecule has 0 aliphatic carbocycles. The number of hydrogen-bond donors (Lipinski definition) is 0. The summed E-state index contributed by atoms with van der Waals surface area (Å²) in [6.45, 7) is 12.6. The standard InChI is InChI=1S/C20H26O4/c1-8-9-10-14-11-12-15(17(21)23-19(2,3)4)16(13-14)18(22)24-20(5,6)7/h11-13H,8H2,1-7H3. The highest BCUT2D eigenvalue weighted by atomic mass is 16.6. The van der Waals surface area contributed by atoms with Gasteiger partial charge in [-0.3, -0.25) is 0 Å². The first kappa shape index (κ1) is 19.8. The van der Waals surface area contributed by atoms with Gasteiger partial charge in [0.2, 0.25) is 0 Å². The Labute approximate surface area is 144 Å². The van der Waals surface area contributed by atoms with Gasteiger partial charge in [-0.2, -0.15) is 0 Å². The quantitative estimate of drug-likeness (QED) is 0.597. The second-order valence-corrected chi connectivity index (χ2v) is 7.42. The van der Waals surface area contributed by atoms with Gasteiger partial charge >= 0.3 is 11.9 Å². The summed E-state index contributed by atoms with van der Waals surface area (Å²) in [5, 5.41) is 0. The molecule has 0 aliphatic rings. The van der Waals surface area contributed by atoms with Crippen molar-refractivity contribution in [3.05, 3.63) is 34.9 Å². The highest BCUT2D eigenvalue weighted by Crippen LogP contribution is 2.20. The first-order valence-electron chi connectivity index (χ1n) is 8.02. The predicted molar refractivity (Wildman–Crippen MR) is 93.9 cm³/mol.